The van der Waals surface area contributed by atoms with Gasteiger partial charge in [-0.25, -0.2) is 8.42 Å². The number of anilines is 1. The molecule has 20 heavy (non-hydrogen) atoms. The van der Waals surface area contributed by atoms with E-state index in [9.17, 15) is 8.42 Å². The van der Waals surface area contributed by atoms with E-state index in [0.717, 1.165) is 0 Å². The number of hydrogen-bond donors (Lipinski definition) is 2. The number of para-hydroxylation sites is 1. The van der Waals surface area contributed by atoms with Crippen LogP contribution in [0.4, 0.5) is 5.69 Å². The van der Waals surface area contributed by atoms with E-state index in [0.29, 0.717) is 10.7 Å². The maximum absolute atomic E-state index is 12.1. The van der Waals surface area contributed by atoms with Crippen LogP contribution in [-0.4, -0.2) is 13.5 Å². The molecule has 2 rings (SSSR count). The number of nitrogens with one attached hydrogen (secondary N) is 2. The Hall–Kier alpha value is -1.63. The number of benzene rings is 2. The predicted octanol–water partition coefficient (Wildman–Crippen LogP) is 3.02. The van der Waals surface area contributed by atoms with Crippen molar-refractivity contribution in [1.29, 1.82) is 0 Å². The van der Waals surface area contributed by atoms with Crippen LogP contribution < -0.4 is 10.0 Å². The third kappa shape index (κ3) is 3.93. The van der Waals surface area contributed by atoms with Crippen LogP contribution in [0, 0.1) is 0 Å². The average molecular weight is 327 g/mol. The first-order chi connectivity index (χ1) is 9.47. The van der Waals surface area contributed by atoms with E-state index in [1.807, 2.05) is 18.2 Å². The van der Waals surface area contributed by atoms with E-state index in [-0.39, 0.29) is 10.0 Å². The molecular weight excluding hydrogens is 316 g/mol. The van der Waals surface area contributed by atoms with Gasteiger partial charge < -0.3 is 5.32 Å². The molecule has 2 aromatic rings. The molecule has 0 aromatic heterocycles. The number of rotatable bonds is 3. The van der Waals surface area contributed by atoms with Gasteiger partial charge in [0.15, 0.2) is 5.11 Å². The van der Waals surface area contributed by atoms with Gasteiger partial charge in [0.25, 0.3) is 10.0 Å². The Kier molecular flexibility index (Phi) is 4.59. The number of halogens is 1. The lowest BCUT2D eigenvalue weighted by Crippen LogP contribution is -2.34. The normalized spacial score (nSPS) is 10.8. The summed E-state index contributed by atoms with van der Waals surface area (Å²) in [5.74, 6) is 0. The molecule has 0 unspecified atom stereocenters. The van der Waals surface area contributed by atoms with Gasteiger partial charge in [-0.2, -0.15) is 0 Å². The molecule has 0 amide bonds. The minimum atomic E-state index is -3.71. The highest BCUT2D eigenvalue weighted by Gasteiger charge is 2.15. The summed E-state index contributed by atoms with van der Waals surface area (Å²) in [6.07, 6.45) is 0. The molecule has 0 fully saturated rings. The van der Waals surface area contributed by atoms with Crippen LogP contribution in [0.3, 0.4) is 0 Å². The molecule has 0 radical (unpaired) electrons. The lowest BCUT2D eigenvalue weighted by Gasteiger charge is -2.11. The Balaban J connectivity index is 2.08. The predicted molar refractivity (Wildman–Crippen MR) is 84.4 cm³/mol. The van der Waals surface area contributed by atoms with Crippen molar-refractivity contribution in [3.8, 4) is 0 Å². The van der Waals surface area contributed by atoms with Gasteiger partial charge in [-0.05, 0) is 48.6 Å². The van der Waals surface area contributed by atoms with Crippen LogP contribution in [0.25, 0.3) is 0 Å². The summed E-state index contributed by atoms with van der Waals surface area (Å²) in [6, 6.07) is 14.9. The van der Waals surface area contributed by atoms with Gasteiger partial charge >= 0.3 is 0 Å². The van der Waals surface area contributed by atoms with Crippen LogP contribution in [0.1, 0.15) is 0 Å². The number of thiocarbonyl (C=S) groups is 1. The van der Waals surface area contributed by atoms with Crippen molar-refractivity contribution in [2.45, 2.75) is 4.90 Å². The number of hydrogen-bond acceptors (Lipinski definition) is 3. The molecule has 0 saturated heterocycles. The molecule has 0 aliphatic carbocycles. The van der Waals surface area contributed by atoms with Crippen molar-refractivity contribution >= 4 is 44.6 Å². The van der Waals surface area contributed by atoms with Crippen LogP contribution in [0.5, 0.6) is 0 Å². The monoisotopic (exact) mass is 326 g/mol. The van der Waals surface area contributed by atoms with E-state index in [2.05, 4.69) is 10.0 Å². The second kappa shape index (κ2) is 6.21. The van der Waals surface area contributed by atoms with Gasteiger partial charge in [0.05, 0.1) is 4.90 Å². The Labute approximate surface area is 127 Å². The van der Waals surface area contributed by atoms with Crippen LogP contribution in [0.2, 0.25) is 5.02 Å². The summed E-state index contributed by atoms with van der Waals surface area (Å²) in [6.45, 7) is 0. The molecule has 7 heteroatoms. The summed E-state index contributed by atoms with van der Waals surface area (Å²) in [5.41, 5.74) is 0.705. The van der Waals surface area contributed by atoms with Crippen molar-refractivity contribution in [3.05, 3.63) is 59.6 Å². The minimum absolute atomic E-state index is 0.00569. The Morgan fingerprint density at radius 2 is 1.60 bits per heavy atom. The molecule has 0 aliphatic heterocycles. The Bertz CT molecular complexity index is 701. The number of sulfonamides is 1. The van der Waals surface area contributed by atoms with Crippen LogP contribution >= 0.6 is 23.8 Å². The Morgan fingerprint density at radius 1 is 1.00 bits per heavy atom. The van der Waals surface area contributed by atoms with Crippen molar-refractivity contribution < 1.29 is 8.42 Å². The van der Waals surface area contributed by atoms with Gasteiger partial charge in [0, 0.05) is 10.7 Å². The second-order valence-electron chi connectivity index (χ2n) is 3.88. The standard InChI is InChI=1S/C13H11ClN2O2S2/c14-10-6-8-12(9-7-10)20(17,18)16-13(19)15-11-4-2-1-3-5-11/h1-9H,(H2,15,16,19). The Morgan fingerprint density at radius 3 is 2.20 bits per heavy atom. The van der Waals surface area contributed by atoms with Gasteiger partial charge in [-0.1, -0.05) is 29.8 Å². The van der Waals surface area contributed by atoms with Crippen LogP contribution in [0.15, 0.2) is 59.5 Å². The molecule has 0 saturated carbocycles. The van der Waals surface area contributed by atoms with Crippen molar-refractivity contribution in [2.24, 2.45) is 0 Å². The lowest BCUT2D eigenvalue weighted by molar-refractivity contribution is 0.593. The first-order valence-electron chi connectivity index (χ1n) is 5.62. The fourth-order valence-electron chi connectivity index (χ4n) is 1.47. The third-order valence-corrected chi connectivity index (χ3v) is 4.33. The highest BCUT2D eigenvalue weighted by molar-refractivity contribution is 7.92. The quantitative estimate of drug-likeness (QED) is 0.851. The first kappa shape index (κ1) is 14.8. The molecular formula is C13H11ClN2O2S2. The molecule has 2 aromatic carbocycles. The molecule has 104 valence electrons. The second-order valence-corrected chi connectivity index (χ2v) is 6.41. The van der Waals surface area contributed by atoms with Crippen LogP contribution in [-0.2, 0) is 10.0 Å². The van der Waals surface area contributed by atoms with Gasteiger partial charge in [0.1, 0.15) is 0 Å². The molecule has 0 bridgehead atoms. The zero-order valence-electron chi connectivity index (χ0n) is 10.2. The average Bonchev–Trinajstić information content (AvgIpc) is 2.39. The molecule has 0 atom stereocenters. The maximum Gasteiger partial charge on any atom is 0.263 e. The largest absolute Gasteiger partial charge is 0.332 e. The highest BCUT2D eigenvalue weighted by Crippen LogP contribution is 2.14. The highest BCUT2D eigenvalue weighted by atomic mass is 35.5. The maximum atomic E-state index is 12.1. The molecule has 4 nitrogen and oxygen atoms in total. The minimum Gasteiger partial charge on any atom is -0.332 e. The SMILES string of the molecule is O=S(=O)(NC(=S)Nc1ccccc1)c1ccc(Cl)cc1. The zero-order chi connectivity index (χ0) is 14.6. The van der Waals surface area contributed by atoms with E-state index in [1.54, 1.807) is 12.1 Å². The summed E-state index contributed by atoms with van der Waals surface area (Å²) in [5, 5.41) is 3.27. The lowest BCUT2D eigenvalue weighted by atomic mass is 10.3. The molecule has 0 aliphatic rings. The van der Waals surface area contributed by atoms with Gasteiger partial charge in [-0.3, -0.25) is 4.72 Å². The van der Waals surface area contributed by atoms with E-state index < -0.39 is 10.0 Å². The molecule has 0 heterocycles. The summed E-state index contributed by atoms with van der Waals surface area (Å²) >= 11 is 10.7. The molecule has 2 N–H and O–H groups in total. The molecule has 0 spiro atoms. The summed E-state index contributed by atoms with van der Waals surface area (Å²) in [4.78, 5) is 0.0964. The fraction of sp³-hybridized carbons (Fsp3) is 0. The van der Waals surface area contributed by atoms with Gasteiger partial charge in [-0.15, -0.1) is 0 Å². The smallest absolute Gasteiger partial charge is 0.263 e. The third-order valence-electron chi connectivity index (χ3n) is 2.38. The topological polar surface area (TPSA) is 58.2 Å². The van der Waals surface area contributed by atoms with Crippen molar-refractivity contribution in [1.82, 2.24) is 4.72 Å². The fourth-order valence-corrected chi connectivity index (χ4v) is 2.95. The van der Waals surface area contributed by atoms with Gasteiger partial charge in [0.2, 0.25) is 0 Å². The summed E-state index contributed by atoms with van der Waals surface area (Å²) in [7, 11) is -3.71. The van der Waals surface area contributed by atoms with Crippen molar-refractivity contribution in [2.75, 3.05) is 5.32 Å². The zero-order valence-corrected chi connectivity index (χ0v) is 12.6. The summed E-state index contributed by atoms with van der Waals surface area (Å²) < 4.78 is 26.4. The van der Waals surface area contributed by atoms with E-state index in [1.165, 1.54) is 24.3 Å². The van der Waals surface area contributed by atoms with Crippen molar-refractivity contribution in [3.63, 3.8) is 0 Å². The van der Waals surface area contributed by atoms with E-state index >= 15 is 0 Å². The first-order valence-corrected chi connectivity index (χ1v) is 7.89. The van der Waals surface area contributed by atoms with E-state index in [4.69, 9.17) is 23.8 Å².